The summed E-state index contributed by atoms with van der Waals surface area (Å²) in [6.45, 7) is 7.94. The van der Waals surface area contributed by atoms with Crippen molar-refractivity contribution in [1.82, 2.24) is 14.5 Å². The van der Waals surface area contributed by atoms with Gasteiger partial charge < -0.3 is 8.99 Å². The Morgan fingerprint density at radius 2 is 1.62 bits per heavy atom. The zero-order valence-electron chi connectivity index (χ0n) is 19.9. The van der Waals surface area contributed by atoms with Crippen molar-refractivity contribution in [1.29, 1.82) is 0 Å². The van der Waals surface area contributed by atoms with Gasteiger partial charge in [0.25, 0.3) is 8.32 Å². The minimum atomic E-state index is -2.56. The third kappa shape index (κ3) is 4.58. The summed E-state index contributed by atoms with van der Waals surface area (Å²) in [6, 6.07) is 22.4. The molecule has 0 aliphatic heterocycles. The lowest BCUT2D eigenvalue weighted by Crippen LogP contribution is -2.66. The number of aldehydes is 1. The molecule has 2 heterocycles. The van der Waals surface area contributed by atoms with Crippen LogP contribution in [0.25, 0.3) is 11.2 Å². The van der Waals surface area contributed by atoms with Crippen LogP contribution in [0, 0.1) is 5.82 Å². The number of pyridine rings is 1. The number of aromatic nitrogens is 3. The van der Waals surface area contributed by atoms with Crippen LogP contribution in [0.1, 0.15) is 44.2 Å². The zero-order chi connectivity index (χ0) is 24.2. The molecule has 0 N–H and O–H groups in total. The second kappa shape index (κ2) is 9.99. The fourth-order valence-electron chi connectivity index (χ4n) is 4.67. The Balaban J connectivity index is 1.54. The van der Waals surface area contributed by atoms with Gasteiger partial charge in [0.1, 0.15) is 11.3 Å². The lowest BCUT2D eigenvalue weighted by Gasteiger charge is -2.43. The molecule has 7 heteroatoms. The van der Waals surface area contributed by atoms with Gasteiger partial charge in [0.15, 0.2) is 17.8 Å². The molecule has 0 spiro atoms. The van der Waals surface area contributed by atoms with Crippen molar-refractivity contribution in [2.75, 3.05) is 6.61 Å². The highest BCUT2D eigenvalue weighted by atomic mass is 28.4. The summed E-state index contributed by atoms with van der Waals surface area (Å²) in [7, 11) is -2.56. The number of carbonyl (C=O) groups excluding carboxylic acids is 1. The molecule has 34 heavy (non-hydrogen) atoms. The lowest BCUT2D eigenvalue weighted by molar-refractivity contribution is 0.111. The van der Waals surface area contributed by atoms with Crippen LogP contribution in [0.2, 0.25) is 5.04 Å². The fourth-order valence-corrected chi connectivity index (χ4v) is 9.28. The second-order valence-corrected chi connectivity index (χ2v) is 13.8. The molecular weight excluding hydrogens is 445 g/mol. The van der Waals surface area contributed by atoms with E-state index in [9.17, 15) is 9.18 Å². The van der Waals surface area contributed by atoms with E-state index in [4.69, 9.17) is 4.43 Å². The zero-order valence-corrected chi connectivity index (χ0v) is 20.9. The molecule has 0 unspecified atom stereocenters. The quantitative estimate of drug-likeness (QED) is 0.199. The highest BCUT2D eigenvalue weighted by Crippen LogP contribution is 2.36. The molecule has 0 amide bonds. The number of unbranched alkanes of at least 4 members (excludes halogenated alkanes) is 1. The number of fused-ring (bicyclic) bond motifs is 1. The maximum absolute atomic E-state index is 13.5. The first kappa shape index (κ1) is 24.0. The standard InChI is InChI=1S/C27H30FN3O2Si/c1-27(2,3)34(22-12-6-4-7-13-22,23-14-8-5-9-15-23)33-17-11-10-16-31-25(20-32)30-24-18-21(28)19-29-26(24)31/h4-9,12-15,18-20H,10-11,16-17H2,1-3H3. The first-order valence-electron chi connectivity index (χ1n) is 11.6. The van der Waals surface area contributed by atoms with Crippen LogP contribution in [-0.4, -0.2) is 35.7 Å². The van der Waals surface area contributed by atoms with Gasteiger partial charge in [0.05, 0.1) is 6.20 Å². The number of rotatable bonds is 9. The molecule has 2 aromatic carbocycles. The van der Waals surface area contributed by atoms with E-state index in [1.165, 1.54) is 16.4 Å². The molecule has 0 atom stereocenters. The monoisotopic (exact) mass is 475 g/mol. The van der Waals surface area contributed by atoms with Gasteiger partial charge in [-0.05, 0) is 28.3 Å². The maximum Gasteiger partial charge on any atom is 0.261 e. The Morgan fingerprint density at radius 3 is 2.18 bits per heavy atom. The molecule has 0 aliphatic carbocycles. The molecule has 0 fully saturated rings. The number of aryl methyl sites for hydroxylation is 1. The van der Waals surface area contributed by atoms with Gasteiger partial charge in [0.2, 0.25) is 0 Å². The van der Waals surface area contributed by atoms with Crippen LogP contribution in [0.15, 0.2) is 72.9 Å². The first-order valence-corrected chi connectivity index (χ1v) is 13.5. The molecule has 4 aromatic rings. The molecule has 2 aromatic heterocycles. The molecule has 5 nitrogen and oxygen atoms in total. The van der Waals surface area contributed by atoms with Crippen molar-refractivity contribution in [2.45, 2.75) is 45.2 Å². The third-order valence-corrected chi connectivity index (χ3v) is 11.2. The number of hydrogen-bond donors (Lipinski definition) is 0. The largest absolute Gasteiger partial charge is 0.407 e. The van der Waals surface area contributed by atoms with E-state index in [0.29, 0.717) is 30.6 Å². The van der Waals surface area contributed by atoms with Gasteiger partial charge in [-0.3, -0.25) is 4.79 Å². The molecule has 0 saturated carbocycles. The van der Waals surface area contributed by atoms with Gasteiger partial charge in [-0.2, -0.15) is 0 Å². The average Bonchev–Trinajstić information content (AvgIpc) is 3.18. The summed E-state index contributed by atoms with van der Waals surface area (Å²) in [5.74, 6) is -0.200. The Hall–Kier alpha value is -3.16. The topological polar surface area (TPSA) is 57.0 Å². The minimum absolute atomic E-state index is 0.0745. The predicted octanol–water partition coefficient (Wildman–Crippen LogP) is 4.74. The normalized spacial score (nSPS) is 12.2. The maximum atomic E-state index is 13.5. The molecule has 0 radical (unpaired) electrons. The van der Waals surface area contributed by atoms with Crippen LogP contribution in [0.4, 0.5) is 4.39 Å². The number of carbonyl (C=O) groups is 1. The number of hydrogen-bond acceptors (Lipinski definition) is 4. The highest BCUT2D eigenvalue weighted by Gasteiger charge is 2.49. The number of nitrogens with zero attached hydrogens (tertiary/aromatic N) is 3. The van der Waals surface area contributed by atoms with Crippen LogP contribution in [0.5, 0.6) is 0 Å². The smallest absolute Gasteiger partial charge is 0.261 e. The Morgan fingerprint density at radius 1 is 1.00 bits per heavy atom. The van der Waals surface area contributed by atoms with E-state index in [1.807, 2.05) is 12.1 Å². The summed E-state index contributed by atoms with van der Waals surface area (Å²) < 4.78 is 22.2. The van der Waals surface area contributed by atoms with Crippen LogP contribution >= 0.6 is 0 Å². The highest BCUT2D eigenvalue weighted by molar-refractivity contribution is 6.99. The Labute approximate surface area is 200 Å². The van der Waals surface area contributed by atoms with Gasteiger partial charge >= 0.3 is 0 Å². The van der Waals surface area contributed by atoms with Gasteiger partial charge in [-0.25, -0.2) is 14.4 Å². The fraction of sp³-hybridized carbons (Fsp3) is 0.296. The second-order valence-electron chi connectivity index (χ2n) is 9.45. The van der Waals surface area contributed by atoms with E-state index >= 15 is 0 Å². The predicted molar refractivity (Wildman–Crippen MR) is 136 cm³/mol. The van der Waals surface area contributed by atoms with Crippen molar-refractivity contribution in [3.05, 3.63) is 84.6 Å². The molecule has 0 saturated heterocycles. The lowest BCUT2D eigenvalue weighted by atomic mass is 10.2. The summed E-state index contributed by atoms with van der Waals surface area (Å²) in [6.07, 6.45) is 3.44. The van der Waals surface area contributed by atoms with Crippen LogP contribution < -0.4 is 10.4 Å². The van der Waals surface area contributed by atoms with E-state index in [2.05, 4.69) is 79.3 Å². The van der Waals surface area contributed by atoms with Crippen molar-refractivity contribution < 1.29 is 13.6 Å². The average molecular weight is 476 g/mol. The SMILES string of the molecule is CC(C)(C)[Si](OCCCCn1c(C=O)nc2cc(F)cnc21)(c1ccccc1)c1ccccc1. The third-order valence-electron chi connectivity index (χ3n) is 6.20. The van der Waals surface area contributed by atoms with E-state index in [0.717, 1.165) is 19.0 Å². The van der Waals surface area contributed by atoms with E-state index in [1.54, 1.807) is 4.57 Å². The Bertz CT molecular complexity index is 1210. The summed E-state index contributed by atoms with van der Waals surface area (Å²) >= 11 is 0. The van der Waals surface area contributed by atoms with Crippen molar-refractivity contribution in [3.63, 3.8) is 0 Å². The molecular formula is C27H30FN3O2Si. The molecule has 0 bridgehead atoms. The summed E-state index contributed by atoms with van der Waals surface area (Å²) in [5, 5.41) is 2.43. The first-order chi connectivity index (χ1) is 16.4. The molecule has 0 aliphatic rings. The van der Waals surface area contributed by atoms with Crippen LogP contribution in [-0.2, 0) is 11.0 Å². The summed E-state index contributed by atoms with van der Waals surface area (Å²) in [5.41, 5.74) is 0.919. The van der Waals surface area contributed by atoms with Gasteiger partial charge in [0, 0.05) is 19.2 Å². The number of imidazole rings is 1. The van der Waals surface area contributed by atoms with Crippen molar-refractivity contribution in [2.24, 2.45) is 0 Å². The minimum Gasteiger partial charge on any atom is -0.407 e. The molecule has 4 rings (SSSR count). The van der Waals surface area contributed by atoms with Gasteiger partial charge in [-0.1, -0.05) is 81.4 Å². The molecule has 176 valence electrons. The van der Waals surface area contributed by atoms with Gasteiger partial charge in [-0.15, -0.1) is 0 Å². The van der Waals surface area contributed by atoms with Crippen molar-refractivity contribution in [3.8, 4) is 0 Å². The Kier molecular flexibility index (Phi) is 7.04. The number of halogens is 1. The number of benzene rings is 2. The van der Waals surface area contributed by atoms with E-state index in [-0.39, 0.29) is 10.9 Å². The van der Waals surface area contributed by atoms with E-state index < -0.39 is 14.1 Å². The van der Waals surface area contributed by atoms with Crippen LogP contribution in [0.3, 0.4) is 0 Å². The van der Waals surface area contributed by atoms with Crippen molar-refractivity contribution >= 4 is 36.1 Å². The summed E-state index contributed by atoms with van der Waals surface area (Å²) in [4.78, 5) is 19.9.